The summed E-state index contributed by atoms with van der Waals surface area (Å²) in [6.45, 7) is 7.90. The van der Waals surface area contributed by atoms with Gasteiger partial charge in [-0.1, -0.05) is 13.8 Å². The molecule has 2 aliphatic rings. The number of nitrogens with zero attached hydrogens (tertiary/aromatic N) is 1. The van der Waals surface area contributed by atoms with Gasteiger partial charge in [0.25, 0.3) is 0 Å². The smallest absolute Gasteiger partial charge is 0.315 e. The molecule has 0 saturated heterocycles. The number of ether oxygens (including phenoxy) is 1. The molecule has 1 fully saturated rings. The fourth-order valence-corrected chi connectivity index (χ4v) is 4.17. The van der Waals surface area contributed by atoms with E-state index >= 15 is 0 Å². The molecule has 4 nitrogen and oxygen atoms in total. The summed E-state index contributed by atoms with van der Waals surface area (Å²) in [6.07, 6.45) is 4.24. The number of hydrogen-bond acceptors (Lipinski definition) is 5. The van der Waals surface area contributed by atoms with Crippen LogP contribution in [0.1, 0.15) is 56.5 Å². The Morgan fingerprint density at radius 3 is 2.95 bits per heavy atom. The van der Waals surface area contributed by atoms with Crippen molar-refractivity contribution in [1.29, 1.82) is 0 Å². The lowest BCUT2D eigenvalue weighted by molar-refractivity contribution is -0.145. The fourth-order valence-electron chi connectivity index (χ4n) is 3.10. The highest BCUT2D eigenvalue weighted by Crippen LogP contribution is 2.51. The standard InChI is InChI=1S/C16H24N2O2S/c1-4-20-14(19)11-6-5-7-12-13(11)18-15(21-12)17-9-10-8-16(10,2)3/h10-11H,4-9H2,1-3H3,(H,17,18). The van der Waals surface area contributed by atoms with Crippen LogP contribution in [-0.2, 0) is 16.0 Å². The molecule has 0 aromatic carbocycles. The summed E-state index contributed by atoms with van der Waals surface area (Å²) in [6, 6.07) is 0. The van der Waals surface area contributed by atoms with E-state index in [9.17, 15) is 4.79 Å². The van der Waals surface area contributed by atoms with Crippen molar-refractivity contribution >= 4 is 22.4 Å². The van der Waals surface area contributed by atoms with Gasteiger partial charge in [0.1, 0.15) is 5.92 Å². The van der Waals surface area contributed by atoms with E-state index in [1.165, 1.54) is 11.3 Å². The Bertz CT molecular complexity index is 538. The zero-order valence-electron chi connectivity index (χ0n) is 13.1. The molecule has 21 heavy (non-hydrogen) atoms. The second-order valence-electron chi connectivity index (χ2n) is 6.79. The molecule has 3 rings (SSSR count). The van der Waals surface area contributed by atoms with Crippen molar-refractivity contribution in [3.05, 3.63) is 10.6 Å². The molecular weight excluding hydrogens is 284 g/mol. The predicted molar refractivity (Wildman–Crippen MR) is 84.8 cm³/mol. The lowest BCUT2D eigenvalue weighted by Gasteiger charge is -2.19. The van der Waals surface area contributed by atoms with Gasteiger partial charge in [0.15, 0.2) is 5.13 Å². The average Bonchev–Trinajstić information content (AvgIpc) is 2.86. The maximum absolute atomic E-state index is 12.1. The summed E-state index contributed by atoms with van der Waals surface area (Å²) in [5, 5.41) is 4.44. The van der Waals surface area contributed by atoms with Crippen LogP contribution in [0.15, 0.2) is 0 Å². The molecule has 1 aromatic heterocycles. The second kappa shape index (κ2) is 5.59. The van der Waals surface area contributed by atoms with Crippen molar-refractivity contribution in [2.24, 2.45) is 11.3 Å². The molecule has 116 valence electrons. The number of carbonyl (C=O) groups is 1. The van der Waals surface area contributed by atoms with Crippen LogP contribution in [0.25, 0.3) is 0 Å². The molecule has 0 spiro atoms. The van der Waals surface area contributed by atoms with Crippen LogP contribution in [-0.4, -0.2) is 24.1 Å². The molecule has 5 heteroatoms. The number of aryl methyl sites for hydroxylation is 1. The topological polar surface area (TPSA) is 51.2 Å². The molecule has 0 bridgehead atoms. The van der Waals surface area contributed by atoms with E-state index in [1.807, 2.05) is 6.92 Å². The molecule has 2 aliphatic carbocycles. The number of anilines is 1. The summed E-state index contributed by atoms with van der Waals surface area (Å²) < 4.78 is 5.19. The van der Waals surface area contributed by atoms with E-state index in [4.69, 9.17) is 4.74 Å². The number of rotatable bonds is 5. The first-order chi connectivity index (χ1) is 10.0. The van der Waals surface area contributed by atoms with Gasteiger partial charge in [-0.05, 0) is 43.9 Å². The molecule has 1 N–H and O–H groups in total. The predicted octanol–water partition coefficient (Wildman–Crippen LogP) is 3.58. The van der Waals surface area contributed by atoms with Crippen LogP contribution in [0.2, 0.25) is 0 Å². The lowest BCUT2D eigenvalue weighted by atomic mass is 9.91. The monoisotopic (exact) mass is 308 g/mol. The molecule has 1 saturated carbocycles. The Balaban J connectivity index is 1.67. The minimum absolute atomic E-state index is 0.112. The molecule has 2 unspecified atom stereocenters. The average molecular weight is 308 g/mol. The normalized spacial score (nSPS) is 26.0. The van der Waals surface area contributed by atoms with Gasteiger partial charge in [-0.2, -0.15) is 0 Å². The Hall–Kier alpha value is -1.10. The van der Waals surface area contributed by atoms with Gasteiger partial charge in [0.2, 0.25) is 0 Å². The summed E-state index contributed by atoms with van der Waals surface area (Å²) in [7, 11) is 0. The van der Waals surface area contributed by atoms with Crippen molar-refractivity contribution in [1.82, 2.24) is 4.98 Å². The quantitative estimate of drug-likeness (QED) is 0.845. The van der Waals surface area contributed by atoms with Crippen molar-refractivity contribution < 1.29 is 9.53 Å². The van der Waals surface area contributed by atoms with E-state index in [0.717, 1.165) is 42.6 Å². The summed E-state index contributed by atoms with van der Waals surface area (Å²) in [5.74, 6) is 0.482. The van der Waals surface area contributed by atoms with Gasteiger partial charge in [-0.15, -0.1) is 11.3 Å². The van der Waals surface area contributed by atoms with Crippen molar-refractivity contribution in [3.8, 4) is 0 Å². The molecular formula is C16H24N2O2S. The minimum atomic E-state index is -0.155. The van der Waals surface area contributed by atoms with E-state index in [0.29, 0.717) is 12.0 Å². The van der Waals surface area contributed by atoms with Gasteiger partial charge >= 0.3 is 5.97 Å². The lowest BCUT2D eigenvalue weighted by Crippen LogP contribution is -2.20. The van der Waals surface area contributed by atoms with Crippen molar-refractivity contribution in [3.63, 3.8) is 0 Å². The Morgan fingerprint density at radius 1 is 1.52 bits per heavy atom. The highest BCUT2D eigenvalue weighted by atomic mass is 32.1. The number of aromatic nitrogens is 1. The third-order valence-electron chi connectivity index (χ3n) is 4.74. The third-order valence-corrected chi connectivity index (χ3v) is 5.83. The largest absolute Gasteiger partial charge is 0.465 e. The number of hydrogen-bond donors (Lipinski definition) is 1. The molecule has 0 amide bonds. The Morgan fingerprint density at radius 2 is 2.29 bits per heavy atom. The first kappa shape index (κ1) is 14.8. The van der Waals surface area contributed by atoms with Crippen LogP contribution in [0, 0.1) is 11.3 Å². The van der Waals surface area contributed by atoms with Gasteiger partial charge in [-0.3, -0.25) is 4.79 Å². The maximum atomic E-state index is 12.1. The van der Waals surface area contributed by atoms with Crippen LogP contribution < -0.4 is 5.32 Å². The second-order valence-corrected chi connectivity index (χ2v) is 7.88. The third kappa shape index (κ3) is 3.07. The van der Waals surface area contributed by atoms with E-state index in [1.54, 1.807) is 11.3 Å². The van der Waals surface area contributed by atoms with Gasteiger partial charge in [0.05, 0.1) is 12.3 Å². The van der Waals surface area contributed by atoms with E-state index < -0.39 is 0 Å². The van der Waals surface area contributed by atoms with Crippen molar-refractivity contribution in [2.45, 2.75) is 52.4 Å². The number of nitrogens with one attached hydrogen (secondary N) is 1. The van der Waals surface area contributed by atoms with E-state index in [-0.39, 0.29) is 11.9 Å². The van der Waals surface area contributed by atoms with E-state index in [2.05, 4.69) is 24.1 Å². The highest BCUT2D eigenvalue weighted by molar-refractivity contribution is 7.15. The molecule has 1 aromatic rings. The molecule has 2 atom stereocenters. The van der Waals surface area contributed by atoms with Gasteiger partial charge in [-0.25, -0.2) is 4.98 Å². The Labute approximate surface area is 130 Å². The van der Waals surface area contributed by atoms with Crippen LogP contribution >= 0.6 is 11.3 Å². The minimum Gasteiger partial charge on any atom is -0.465 e. The van der Waals surface area contributed by atoms with Crippen LogP contribution in [0.4, 0.5) is 5.13 Å². The SMILES string of the molecule is CCOC(=O)C1CCCc2sc(NCC3CC3(C)C)nc21. The molecule has 1 heterocycles. The van der Waals surface area contributed by atoms with Gasteiger partial charge < -0.3 is 10.1 Å². The molecule has 0 aliphatic heterocycles. The zero-order chi connectivity index (χ0) is 15.0. The van der Waals surface area contributed by atoms with Crippen LogP contribution in [0.3, 0.4) is 0 Å². The first-order valence-electron chi connectivity index (χ1n) is 7.91. The number of fused-ring (bicyclic) bond motifs is 1. The van der Waals surface area contributed by atoms with Crippen LogP contribution in [0.5, 0.6) is 0 Å². The summed E-state index contributed by atoms with van der Waals surface area (Å²) in [4.78, 5) is 18.0. The fraction of sp³-hybridized carbons (Fsp3) is 0.750. The zero-order valence-corrected chi connectivity index (χ0v) is 13.9. The number of carbonyl (C=O) groups excluding carboxylic acids is 1. The number of esters is 1. The summed E-state index contributed by atoms with van der Waals surface area (Å²) in [5.41, 5.74) is 1.44. The van der Waals surface area contributed by atoms with Crippen molar-refractivity contribution in [2.75, 3.05) is 18.5 Å². The Kier molecular flexibility index (Phi) is 3.95. The molecule has 0 radical (unpaired) electrons. The number of thiazole rings is 1. The first-order valence-corrected chi connectivity index (χ1v) is 8.73. The van der Waals surface area contributed by atoms with Gasteiger partial charge in [0, 0.05) is 11.4 Å². The highest BCUT2D eigenvalue weighted by Gasteiger charge is 2.45. The maximum Gasteiger partial charge on any atom is 0.315 e. The summed E-state index contributed by atoms with van der Waals surface area (Å²) >= 11 is 1.71.